The first-order valence-corrected chi connectivity index (χ1v) is 7.75. The molecule has 0 saturated carbocycles. The van der Waals surface area contributed by atoms with Gasteiger partial charge in [-0.05, 0) is 30.3 Å². The third-order valence-corrected chi connectivity index (χ3v) is 3.79. The summed E-state index contributed by atoms with van der Waals surface area (Å²) in [6.07, 6.45) is 1.72. The summed E-state index contributed by atoms with van der Waals surface area (Å²) in [4.78, 5) is 16.3. The molecule has 2 heterocycles. The average Bonchev–Trinajstić information content (AvgIpc) is 2.97. The highest BCUT2D eigenvalue weighted by molar-refractivity contribution is 6.33. The number of anilines is 1. The highest BCUT2D eigenvalue weighted by Crippen LogP contribution is 2.20. The van der Waals surface area contributed by atoms with Crippen molar-refractivity contribution in [3.8, 4) is 11.4 Å². The number of rotatable bonds is 4. The Morgan fingerprint density at radius 1 is 1.17 bits per heavy atom. The van der Waals surface area contributed by atoms with E-state index in [4.69, 9.17) is 11.6 Å². The van der Waals surface area contributed by atoms with Crippen LogP contribution in [0, 0.1) is 0 Å². The van der Waals surface area contributed by atoms with Crippen molar-refractivity contribution in [3.05, 3.63) is 65.4 Å². The molecule has 7 heteroatoms. The third-order valence-electron chi connectivity index (χ3n) is 3.46. The number of aromatic nitrogens is 3. The van der Waals surface area contributed by atoms with Gasteiger partial charge in [0, 0.05) is 13.2 Å². The van der Waals surface area contributed by atoms with Gasteiger partial charge in [0.2, 0.25) is 0 Å². The van der Waals surface area contributed by atoms with Gasteiger partial charge in [-0.15, -0.1) is 0 Å². The van der Waals surface area contributed by atoms with Crippen molar-refractivity contribution in [1.82, 2.24) is 20.1 Å². The molecule has 0 aliphatic heterocycles. The van der Waals surface area contributed by atoms with Crippen molar-refractivity contribution >= 4 is 23.3 Å². The van der Waals surface area contributed by atoms with E-state index in [1.807, 2.05) is 37.4 Å². The molecular weight excluding hydrogens is 326 g/mol. The first kappa shape index (κ1) is 16.0. The minimum atomic E-state index is -0.330. The highest BCUT2D eigenvalue weighted by Gasteiger charge is 2.10. The van der Waals surface area contributed by atoms with Gasteiger partial charge in [0.1, 0.15) is 5.69 Å². The van der Waals surface area contributed by atoms with E-state index in [0.29, 0.717) is 17.3 Å². The van der Waals surface area contributed by atoms with Gasteiger partial charge < -0.3 is 10.6 Å². The van der Waals surface area contributed by atoms with Gasteiger partial charge in [0.25, 0.3) is 0 Å². The van der Waals surface area contributed by atoms with E-state index in [-0.39, 0.29) is 6.03 Å². The Morgan fingerprint density at radius 3 is 2.71 bits per heavy atom. The lowest BCUT2D eigenvalue weighted by Gasteiger charge is -2.08. The zero-order valence-electron chi connectivity index (χ0n) is 13.0. The van der Waals surface area contributed by atoms with Crippen LogP contribution < -0.4 is 10.6 Å². The second kappa shape index (κ2) is 7.14. The van der Waals surface area contributed by atoms with Crippen LogP contribution in [0.3, 0.4) is 0 Å². The minimum Gasteiger partial charge on any atom is -0.332 e. The van der Waals surface area contributed by atoms with Crippen molar-refractivity contribution in [1.29, 1.82) is 0 Å². The Labute approximate surface area is 144 Å². The number of halogens is 1. The summed E-state index contributed by atoms with van der Waals surface area (Å²) in [6.45, 7) is 0.340. The van der Waals surface area contributed by atoms with E-state index in [2.05, 4.69) is 20.7 Å². The molecule has 122 valence electrons. The largest absolute Gasteiger partial charge is 0.332 e. The number of pyridine rings is 1. The molecule has 24 heavy (non-hydrogen) atoms. The van der Waals surface area contributed by atoms with E-state index in [1.165, 1.54) is 0 Å². The third kappa shape index (κ3) is 3.72. The van der Waals surface area contributed by atoms with Gasteiger partial charge in [-0.1, -0.05) is 29.8 Å². The van der Waals surface area contributed by atoms with E-state index in [9.17, 15) is 4.79 Å². The molecule has 6 nitrogen and oxygen atoms in total. The highest BCUT2D eigenvalue weighted by atomic mass is 35.5. The maximum absolute atomic E-state index is 12.0. The topological polar surface area (TPSA) is 71.8 Å². The molecule has 1 aromatic carbocycles. The lowest BCUT2D eigenvalue weighted by Crippen LogP contribution is -2.29. The smallest absolute Gasteiger partial charge is 0.319 e. The fourth-order valence-electron chi connectivity index (χ4n) is 2.21. The molecule has 0 bridgehead atoms. The van der Waals surface area contributed by atoms with Crippen LogP contribution in [0.2, 0.25) is 5.02 Å². The Kier molecular flexibility index (Phi) is 4.77. The number of hydrogen-bond acceptors (Lipinski definition) is 3. The lowest BCUT2D eigenvalue weighted by atomic mass is 10.2. The zero-order valence-corrected chi connectivity index (χ0v) is 13.8. The predicted octanol–water partition coefficient (Wildman–Crippen LogP) is 3.46. The number of amides is 2. The molecule has 2 amide bonds. The summed E-state index contributed by atoms with van der Waals surface area (Å²) in [5, 5.41) is 10.4. The normalized spacial score (nSPS) is 10.4. The second-order valence-corrected chi connectivity index (χ2v) is 5.55. The Morgan fingerprint density at radius 2 is 1.96 bits per heavy atom. The molecule has 2 aromatic heterocycles. The summed E-state index contributed by atoms with van der Waals surface area (Å²) >= 11 is 6.02. The van der Waals surface area contributed by atoms with Gasteiger partial charge in [-0.2, -0.15) is 5.10 Å². The summed E-state index contributed by atoms with van der Waals surface area (Å²) in [5.41, 5.74) is 2.99. The zero-order chi connectivity index (χ0) is 16.9. The van der Waals surface area contributed by atoms with Crippen molar-refractivity contribution in [2.45, 2.75) is 6.54 Å². The van der Waals surface area contributed by atoms with E-state index in [1.54, 1.807) is 29.1 Å². The first-order chi connectivity index (χ1) is 11.6. The summed E-state index contributed by atoms with van der Waals surface area (Å²) < 4.78 is 1.72. The number of carbonyl (C=O) groups excluding carboxylic acids is 1. The molecule has 3 rings (SSSR count). The lowest BCUT2D eigenvalue weighted by molar-refractivity contribution is 0.251. The average molecular weight is 342 g/mol. The summed E-state index contributed by atoms with van der Waals surface area (Å²) in [7, 11) is 1.83. The maximum Gasteiger partial charge on any atom is 0.319 e. The minimum absolute atomic E-state index is 0.330. The standard InChI is InChI=1S/C17H16ClN5O/c1-23-12(10-16(22-23)15-8-4-5-9-19-15)11-20-17(24)21-14-7-3-2-6-13(14)18/h2-10H,11H2,1H3,(H2,20,21,24). The predicted molar refractivity (Wildman–Crippen MR) is 93.7 cm³/mol. The van der Waals surface area contributed by atoms with E-state index < -0.39 is 0 Å². The van der Waals surface area contributed by atoms with Crippen LogP contribution in [0.4, 0.5) is 10.5 Å². The molecule has 0 aliphatic rings. The van der Waals surface area contributed by atoms with Crippen LogP contribution in [-0.4, -0.2) is 20.8 Å². The van der Waals surface area contributed by atoms with Gasteiger partial charge in [0.15, 0.2) is 0 Å². The Balaban J connectivity index is 1.64. The number of hydrogen-bond donors (Lipinski definition) is 2. The molecule has 0 aliphatic carbocycles. The molecule has 0 radical (unpaired) electrons. The fraction of sp³-hybridized carbons (Fsp3) is 0.118. The van der Waals surface area contributed by atoms with Crippen LogP contribution in [0.5, 0.6) is 0 Å². The van der Waals surface area contributed by atoms with Crippen LogP contribution >= 0.6 is 11.6 Å². The Bertz CT molecular complexity index is 847. The number of aryl methyl sites for hydroxylation is 1. The fourth-order valence-corrected chi connectivity index (χ4v) is 2.39. The molecular formula is C17H16ClN5O. The molecule has 0 atom stereocenters. The van der Waals surface area contributed by atoms with Crippen molar-refractivity contribution in [2.24, 2.45) is 7.05 Å². The number of nitrogens with one attached hydrogen (secondary N) is 2. The number of nitrogens with zero attached hydrogens (tertiary/aromatic N) is 3. The molecule has 3 aromatic rings. The van der Waals surface area contributed by atoms with Gasteiger partial charge >= 0.3 is 6.03 Å². The van der Waals surface area contributed by atoms with Crippen molar-refractivity contribution < 1.29 is 4.79 Å². The summed E-state index contributed by atoms with van der Waals surface area (Å²) in [5.74, 6) is 0. The van der Waals surface area contributed by atoms with E-state index in [0.717, 1.165) is 17.1 Å². The number of urea groups is 1. The molecule has 0 unspecified atom stereocenters. The van der Waals surface area contributed by atoms with Gasteiger partial charge in [-0.25, -0.2) is 4.79 Å². The van der Waals surface area contributed by atoms with Gasteiger partial charge in [0.05, 0.1) is 28.6 Å². The second-order valence-electron chi connectivity index (χ2n) is 5.15. The quantitative estimate of drug-likeness (QED) is 0.763. The number of carbonyl (C=O) groups is 1. The summed E-state index contributed by atoms with van der Waals surface area (Å²) in [6, 6.07) is 14.3. The van der Waals surface area contributed by atoms with Crippen LogP contribution in [0.25, 0.3) is 11.4 Å². The van der Waals surface area contributed by atoms with Gasteiger partial charge in [-0.3, -0.25) is 9.67 Å². The molecule has 0 saturated heterocycles. The molecule has 0 fully saturated rings. The number of benzene rings is 1. The van der Waals surface area contributed by atoms with E-state index >= 15 is 0 Å². The SMILES string of the molecule is Cn1nc(-c2ccccn2)cc1CNC(=O)Nc1ccccc1Cl. The molecule has 0 spiro atoms. The molecule has 2 N–H and O–H groups in total. The maximum atomic E-state index is 12.0. The number of para-hydroxylation sites is 1. The van der Waals surface area contributed by atoms with Crippen LogP contribution in [0.15, 0.2) is 54.7 Å². The Hall–Kier alpha value is -2.86. The van der Waals surface area contributed by atoms with Crippen molar-refractivity contribution in [3.63, 3.8) is 0 Å². The van der Waals surface area contributed by atoms with Crippen LogP contribution in [-0.2, 0) is 13.6 Å². The van der Waals surface area contributed by atoms with Crippen LogP contribution in [0.1, 0.15) is 5.69 Å². The first-order valence-electron chi connectivity index (χ1n) is 7.37. The van der Waals surface area contributed by atoms with Crippen molar-refractivity contribution in [2.75, 3.05) is 5.32 Å². The monoisotopic (exact) mass is 341 g/mol.